The number of rotatable bonds is 3. The Morgan fingerprint density at radius 3 is 2.90 bits per heavy atom. The van der Waals surface area contributed by atoms with E-state index in [0.717, 1.165) is 22.1 Å². The third kappa shape index (κ3) is 3.61. The van der Waals surface area contributed by atoms with E-state index in [9.17, 15) is 14.4 Å². The van der Waals surface area contributed by atoms with Crippen molar-refractivity contribution < 1.29 is 14.4 Å². The van der Waals surface area contributed by atoms with Crippen LogP contribution < -0.4 is 16.0 Å². The van der Waals surface area contributed by atoms with Gasteiger partial charge in [0.15, 0.2) is 0 Å². The van der Waals surface area contributed by atoms with Crippen LogP contribution in [-0.4, -0.2) is 58.9 Å². The van der Waals surface area contributed by atoms with Gasteiger partial charge < -0.3 is 15.5 Å². The van der Waals surface area contributed by atoms with Gasteiger partial charge in [0, 0.05) is 29.1 Å². The van der Waals surface area contributed by atoms with Crippen molar-refractivity contribution in [3.8, 4) is 10.4 Å². The lowest BCUT2D eigenvalue weighted by molar-refractivity contribution is -0.125. The first kappa shape index (κ1) is 19.6. The highest BCUT2D eigenvalue weighted by Gasteiger charge is 2.40. The van der Waals surface area contributed by atoms with Crippen LogP contribution in [0.15, 0.2) is 35.7 Å². The van der Waals surface area contributed by atoms with Crippen molar-refractivity contribution in [1.29, 1.82) is 0 Å². The fourth-order valence-corrected chi connectivity index (χ4v) is 5.92. The van der Waals surface area contributed by atoms with E-state index < -0.39 is 6.04 Å². The number of hydrogen-bond donors (Lipinski definition) is 3. The van der Waals surface area contributed by atoms with E-state index in [2.05, 4.69) is 16.0 Å². The summed E-state index contributed by atoms with van der Waals surface area (Å²) in [5, 5.41) is 11.2. The maximum absolute atomic E-state index is 13.3. The molecule has 156 valence electrons. The molecule has 3 amide bonds. The van der Waals surface area contributed by atoms with Crippen LogP contribution in [0.25, 0.3) is 10.4 Å². The number of amides is 3. The predicted octanol–water partition coefficient (Wildman–Crippen LogP) is 2.12. The Kier molecular flexibility index (Phi) is 5.26. The number of anilines is 1. The molecule has 1 aromatic carbocycles. The molecule has 2 fully saturated rings. The lowest BCUT2D eigenvalue weighted by atomic mass is 9.95. The molecule has 1 aromatic heterocycles. The number of benzene rings is 1. The molecule has 2 aromatic rings. The van der Waals surface area contributed by atoms with E-state index in [-0.39, 0.29) is 29.8 Å². The number of thioether (sulfide) groups is 1. The van der Waals surface area contributed by atoms with E-state index in [4.69, 9.17) is 0 Å². The maximum atomic E-state index is 13.3. The van der Waals surface area contributed by atoms with Crippen molar-refractivity contribution in [3.05, 3.63) is 41.3 Å². The molecule has 0 bridgehead atoms. The molecule has 3 N–H and O–H groups in total. The predicted molar refractivity (Wildman–Crippen MR) is 119 cm³/mol. The van der Waals surface area contributed by atoms with Gasteiger partial charge in [0.05, 0.1) is 17.3 Å². The first-order valence-corrected chi connectivity index (χ1v) is 12.0. The molecule has 3 unspecified atom stereocenters. The minimum atomic E-state index is -0.583. The average Bonchev–Trinajstić information content (AvgIpc) is 3.46. The van der Waals surface area contributed by atoms with E-state index in [0.29, 0.717) is 30.6 Å². The summed E-state index contributed by atoms with van der Waals surface area (Å²) in [6.07, 6.45) is 1.07. The monoisotopic (exact) mass is 442 g/mol. The summed E-state index contributed by atoms with van der Waals surface area (Å²) >= 11 is 3.31. The summed E-state index contributed by atoms with van der Waals surface area (Å²) < 4.78 is 0. The molecule has 7 nitrogen and oxygen atoms in total. The normalized spacial score (nSPS) is 25.9. The minimum Gasteiger partial charge on any atom is -0.352 e. The maximum Gasteiger partial charge on any atom is 0.256 e. The Bertz CT molecular complexity index is 988. The van der Waals surface area contributed by atoms with Crippen LogP contribution >= 0.6 is 23.1 Å². The summed E-state index contributed by atoms with van der Waals surface area (Å²) in [7, 11) is 0. The van der Waals surface area contributed by atoms with Crippen molar-refractivity contribution in [2.24, 2.45) is 0 Å². The highest BCUT2D eigenvalue weighted by molar-refractivity contribution is 7.99. The second-order valence-electron chi connectivity index (χ2n) is 7.74. The molecular weight excluding hydrogens is 420 g/mol. The number of nitrogens with one attached hydrogen (secondary N) is 3. The molecule has 0 spiro atoms. The van der Waals surface area contributed by atoms with E-state index >= 15 is 0 Å². The second kappa shape index (κ2) is 8.05. The Morgan fingerprint density at radius 2 is 2.13 bits per heavy atom. The van der Waals surface area contributed by atoms with Gasteiger partial charge in [0.25, 0.3) is 5.91 Å². The topological polar surface area (TPSA) is 90.5 Å². The van der Waals surface area contributed by atoms with Gasteiger partial charge in [0.1, 0.15) is 6.04 Å². The SMILES string of the molecule is O=C(NC1CCN2C(=O)c3cc(-c4cccs4)ccc3NC(=O)C2C1)C1CSCN1. The Balaban J connectivity index is 1.35. The molecular formula is C21H22N4O3S2. The number of nitrogens with zero attached hydrogens (tertiary/aromatic N) is 1. The number of piperidine rings is 1. The molecule has 3 aliphatic rings. The highest BCUT2D eigenvalue weighted by Crippen LogP contribution is 2.33. The molecule has 0 saturated carbocycles. The van der Waals surface area contributed by atoms with Crippen LogP contribution in [0.2, 0.25) is 0 Å². The van der Waals surface area contributed by atoms with Crippen molar-refractivity contribution >= 4 is 46.5 Å². The molecule has 0 radical (unpaired) electrons. The molecule has 0 aliphatic carbocycles. The summed E-state index contributed by atoms with van der Waals surface area (Å²) in [5.74, 6) is 1.18. The van der Waals surface area contributed by atoms with Gasteiger partial charge in [-0.15, -0.1) is 23.1 Å². The van der Waals surface area contributed by atoms with E-state index in [1.807, 2.05) is 29.6 Å². The fraction of sp³-hybridized carbons (Fsp3) is 0.381. The smallest absolute Gasteiger partial charge is 0.256 e. The Labute approximate surface area is 182 Å². The molecule has 30 heavy (non-hydrogen) atoms. The van der Waals surface area contributed by atoms with Crippen LogP contribution in [0.3, 0.4) is 0 Å². The van der Waals surface area contributed by atoms with Gasteiger partial charge in [-0.25, -0.2) is 0 Å². The first-order chi connectivity index (χ1) is 14.6. The average molecular weight is 443 g/mol. The zero-order chi connectivity index (χ0) is 20.7. The molecule has 2 saturated heterocycles. The number of thiophene rings is 1. The summed E-state index contributed by atoms with van der Waals surface area (Å²) in [4.78, 5) is 41.4. The largest absolute Gasteiger partial charge is 0.352 e. The molecule has 3 aliphatic heterocycles. The molecule has 4 heterocycles. The third-order valence-electron chi connectivity index (χ3n) is 5.86. The van der Waals surface area contributed by atoms with Gasteiger partial charge in [-0.3, -0.25) is 19.7 Å². The number of hydrogen-bond acceptors (Lipinski definition) is 6. The first-order valence-electron chi connectivity index (χ1n) is 10.0. The van der Waals surface area contributed by atoms with Crippen LogP contribution in [0.5, 0.6) is 0 Å². The lowest BCUT2D eigenvalue weighted by Crippen LogP contribution is -2.56. The number of fused-ring (bicyclic) bond motifs is 2. The van der Waals surface area contributed by atoms with E-state index in [1.54, 1.807) is 34.1 Å². The van der Waals surface area contributed by atoms with Gasteiger partial charge in [0.2, 0.25) is 11.8 Å². The Hall–Kier alpha value is -2.36. The third-order valence-corrected chi connectivity index (χ3v) is 7.72. The standard InChI is InChI=1S/C21H22N4O3S2/c26-19(16-10-29-11-22-16)23-13-5-6-25-17(9-13)20(27)24-15-4-3-12(8-14(15)21(25)28)18-2-1-7-30-18/h1-4,7-8,13,16-17,22H,5-6,9-11H2,(H,23,26)(H,24,27). The van der Waals surface area contributed by atoms with Crippen LogP contribution in [0.1, 0.15) is 23.2 Å². The zero-order valence-electron chi connectivity index (χ0n) is 16.2. The van der Waals surface area contributed by atoms with Crippen molar-refractivity contribution in [2.75, 3.05) is 23.5 Å². The molecule has 9 heteroatoms. The van der Waals surface area contributed by atoms with Crippen molar-refractivity contribution in [1.82, 2.24) is 15.5 Å². The molecule has 5 rings (SSSR count). The highest BCUT2D eigenvalue weighted by atomic mass is 32.2. The Morgan fingerprint density at radius 1 is 1.23 bits per heavy atom. The second-order valence-corrected chi connectivity index (χ2v) is 9.72. The van der Waals surface area contributed by atoms with Crippen molar-refractivity contribution in [2.45, 2.75) is 31.0 Å². The number of carbonyl (C=O) groups is 3. The summed E-state index contributed by atoms with van der Waals surface area (Å²) in [6, 6.07) is 8.71. The van der Waals surface area contributed by atoms with Gasteiger partial charge in [-0.05, 0) is 42.0 Å². The van der Waals surface area contributed by atoms with Gasteiger partial charge >= 0.3 is 0 Å². The van der Waals surface area contributed by atoms with Crippen molar-refractivity contribution in [3.63, 3.8) is 0 Å². The van der Waals surface area contributed by atoms with Crippen LogP contribution in [0.4, 0.5) is 5.69 Å². The lowest BCUT2D eigenvalue weighted by Gasteiger charge is -2.37. The molecule has 3 atom stereocenters. The zero-order valence-corrected chi connectivity index (χ0v) is 17.9. The van der Waals surface area contributed by atoms with Crippen LogP contribution in [0, 0.1) is 0 Å². The van der Waals surface area contributed by atoms with Crippen LogP contribution in [-0.2, 0) is 9.59 Å². The fourth-order valence-electron chi connectivity index (χ4n) is 4.25. The summed E-state index contributed by atoms with van der Waals surface area (Å²) in [5.41, 5.74) is 2.03. The summed E-state index contributed by atoms with van der Waals surface area (Å²) in [6.45, 7) is 0.442. The minimum absolute atomic E-state index is 0.0253. The quantitative estimate of drug-likeness (QED) is 0.678. The van der Waals surface area contributed by atoms with Gasteiger partial charge in [-0.1, -0.05) is 12.1 Å². The van der Waals surface area contributed by atoms with Gasteiger partial charge in [-0.2, -0.15) is 0 Å². The number of carbonyl (C=O) groups excluding carboxylic acids is 3. The van der Waals surface area contributed by atoms with E-state index in [1.165, 1.54) is 0 Å².